The minimum atomic E-state index is -0.514. The quantitative estimate of drug-likeness (QED) is 0.468. The molecule has 0 amide bonds. The molecule has 0 aromatic rings. The molecular formula is C5H8FN. The molecule has 0 saturated heterocycles. The van der Waals surface area contributed by atoms with Gasteiger partial charge in [0.1, 0.15) is 6.67 Å². The minimum Gasteiger partial charge on any atom is -0.267 e. The van der Waals surface area contributed by atoms with Gasteiger partial charge in [-0.2, -0.15) is 0 Å². The van der Waals surface area contributed by atoms with E-state index in [1.165, 1.54) is 0 Å². The maximum atomic E-state index is 11.5. The van der Waals surface area contributed by atoms with Crippen molar-refractivity contribution in [3.63, 3.8) is 0 Å². The summed E-state index contributed by atoms with van der Waals surface area (Å²) in [6, 6.07) is 0. The zero-order valence-corrected chi connectivity index (χ0v) is 4.32. The van der Waals surface area contributed by atoms with E-state index in [0.29, 0.717) is 5.70 Å². The summed E-state index contributed by atoms with van der Waals surface area (Å²) in [5.74, 6) is 0. The summed E-state index contributed by atoms with van der Waals surface area (Å²) in [6.45, 7) is 4.36. The van der Waals surface area contributed by atoms with Crippen molar-refractivity contribution in [3.05, 3.63) is 11.8 Å². The lowest BCUT2D eigenvalue weighted by Crippen LogP contribution is -1.75. The van der Waals surface area contributed by atoms with Crippen molar-refractivity contribution < 1.29 is 4.39 Å². The first-order valence-electron chi connectivity index (χ1n) is 2.03. The van der Waals surface area contributed by atoms with Gasteiger partial charge in [0, 0.05) is 0 Å². The maximum absolute atomic E-state index is 11.5. The maximum Gasteiger partial charge on any atom is 0.131 e. The van der Waals surface area contributed by atoms with E-state index in [2.05, 4.69) is 11.7 Å². The zero-order valence-electron chi connectivity index (χ0n) is 4.32. The molecule has 0 aromatic heterocycles. The van der Waals surface area contributed by atoms with Gasteiger partial charge in [-0.15, -0.1) is 0 Å². The molecule has 0 radical (unpaired) electrons. The fraction of sp³-hybridized carbons (Fsp3) is 0.400. The van der Waals surface area contributed by atoms with Crippen LogP contribution in [0.4, 0.5) is 4.39 Å². The van der Waals surface area contributed by atoms with E-state index in [9.17, 15) is 4.39 Å². The number of allylic oxidation sites excluding steroid dienone is 2. The first kappa shape index (κ1) is 6.34. The SMILES string of the molecule is C=N/C(=C\C)CF. The average molecular weight is 101 g/mol. The van der Waals surface area contributed by atoms with Crippen molar-refractivity contribution in [3.8, 4) is 0 Å². The summed E-state index contributed by atoms with van der Waals surface area (Å²) in [4.78, 5) is 3.36. The van der Waals surface area contributed by atoms with Crippen molar-refractivity contribution in [2.24, 2.45) is 4.99 Å². The molecule has 40 valence electrons. The Balaban J connectivity index is 3.60. The molecule has 0 aliphatic heterocycles. The number of rotatable bonds is 2. The summed E-state index contributed by atoms with van der Waals surface area (Å²) < 4.78 is 11.5. The largest absolute Gasteiger partial charge is 0.267 e. The summed E-state index contributed by atoms with van der Waals surface area (Å²) in [5.41, 5.74) is 0.403. The molecule has 0 atom stereocenters. The second-order valence-electron chi connectivity index (χ2n) is 1.07. The van der Waals surface area contributed by atoms with Crippen LogP contribution in [0, 0.1) is 0 Å². The van der Waals surface area contributed by atoms with Crippen LogP contribution in [-0.2, 0) is 0 Å². The van der Waals surface area contributed by atoms with Gasteiger partial charge in [-0.3, -0.25) is 4.99 Å². The lowest BCUT2D eigenvalue weighted by Gasteiger charge is -1.84. The van der Waals surface area contributed by atoms with E-state index in [1.54, 1.807) is 13.0 Å². The number of nitrogens with zero attached hydrogens (tertiary/aromatic N) is 1. The molecule has 2 heteroatoms. The lowest BCUT2D eigenvalue weighted by molar-refractivity contribution is 0.540. The van der Waals surface area contributed by atoms with Crippen LogP contribution in [0.5, 0.6) is 0 Å². The highest BCUT2D eigenvalue weighted by molar-refractivity contribution is 5.28. The molecule has 0 aromatic carbocycles. The number of alkyl halides is 1. The highest BCUT2D eigenvalue weighted by atomic mass is 19.1. The van der Waals surface area contributed by atoms with Crippen molar-refractivity contribution in [2.75, 3.05) is 6.67 Å². The molecule has 7 heavy (non-hydrogen) atoms. The number of hydrogen-bond acceptors (Lipinski definition) is 1. The number of aliphatic imine (C=N–C) groups is 1. The molecule has 0 fully saturated rings. The van der Waals surface area contributed by atoms with Crippen molar-refractivity contribution in [2.45, 2.75) is 6.92 Å². The van der Waals surface area contributed by atoms with E-state index in [-0.39, 0.29) is 0 Å². The molecule has 0 bridgehead atoms. The van der Waals surface area contributed by atoms with Gasteiger partial charge in [0.05, 0.1) is 5.70 Å². The van der Waals surface area contributed by atoms with Crippen molar-refractivity contribution in [1.82, 2.24) is 0 Å². The van der Waals surface area contributed by atoms with E-state index >= 15 is 0 Å². The van der Waals surface area contributed by atoms with Gasteiger partial charge < -0.3 is 0 Å². The van der Waals surface area contributed by atoms with Crippen LogP contribution in [0.3, 0.4) is 0 Å². The molecule has 1 nitrogen and oxygen atoms in total. The second-order valence-corrected chi connectivity index (χ2v) is 1.07. The Morgan fingerprint density at radius 3 is 2.57 bits per heavy atom. The predicted molar refractivity (Wildman–Crippen MR) is 29.3 cm³/mol. The van der Waals surface area contributed by atoms with Gasteiger partial charge in [0.25, 0.3) is 0 Å². The van der Waals surface area contributed by atoms with E-state index < -0.39 is 6.67 Å². The van der Waals surface area contributed by atoms with Gasteiger partial charge in [0.15, 0.2) is 0 Å². The highest BCUT2D eigenvalue weighted by Gasteiger charge is 1.82. The van der Waals surface area contributed by atoms with Crippen molar-refractivity contribution >= 4 is 6.72 Å². The Morgan fingerprint density at radius 1 is 2.00 bits per heavy atom. The van der Waals surface area contributed by atoms with Gasteiger partial charge in [-0.05, 0) is 13.6 Å². The van der Waals surface area contributed by atoms with E-state index in [0.717, 1.165) is 0 Å². The summed E-state index contributed by atoms with van der Waals surface area (Å²) in [6.07, 6.45) is 1.59. The van der Waals surface area contributed by atoms with Gasteiger partial charge in [-0.1, -0.05) is 6.08 Å². The Bertz CT molecular complexity index is 86.1. The Morgan fingerprint density at radius 2 is 2.57 bits per heavy atom. The van der Waals surface area contributed by atoms with E-state index in [4.69, 9.17) is 0 Å². The molecular weight excluding hydrogens is 93.1 g/mol. The molecule has 0 aliphatic rings. The standard InChI is InChI=1S/C5H8FN/c1-3-5(4-6)7-2/h3H,2,4H2,1H3/b5-3-. The summed E-state index contributed by atoms with van der Waals surface area (Å²) in [7, 11) is 0. The summed E-state index contributed by atoms with van der Waals surface area (Å²) in [5, 5.41) is 0. The normalized spacial score (nSPS) is 11.4. The molecule has 0 heterocycles. The average Bonchev–Trinajstić information content (AvgIpc) is 1.72. The third-order valence-corrected chi connectivity index (χ3v) is 0.673. The molecule has 0 rings (SSSR count). The molecule has 0 aliphatic carbocycles. The lowest BCUT2D eigenvalue weighted by atomic mass is 10.5. The highest BCUT2D eigenvalue weighted by Crippen LogP contribution is 1.92. The molecule has 0 saturated carbocycles. The fourth-order valence-corrected chi connectivity index (χ4v) is 0.211. The molecule has 0 spiro atoms. The number of halogens is 1. The minimum absolute atomic E-state index is 0.403. The first-order valence-corrected chi connectivity index (χ1v) is 2.03. The molecule has 0 N–H and O–H groups in total. The van der Waals surface area contributed by atoms with Gasteiger partial charge >= 0.3 is 0 Å². The smallest absolute Gasteiger partial charge is 0.131 e. The first-order chi connectivity index (χ1) is 3.35. The second kappa shape index (κ2) is 3.53. The third-order valence-electron chi connectivity index (χ3n) is 0.673. The Labute approximate surface area is 42.6 Å². The van der Waals surface area contributed by atoms with Crippen LogP contribution in [0.15, 0.2) is 16.8 Å². The van der Waals surface area contributed by atoms with Crippen LogP contribution >= 0.6 is 0 Å². The predicted octanol–water partition coefficient (Wildman–Crippen LogP) is 1.56. The van der Waals surface area contributed by atoms with Crippen molar-refractivity contribution in [1.29, 1.82) is 0 Å². The van der Waals surface area contributed by atoms with Crippen LogP contribution in [0.1, 0.15) is 6.92 Å². The zero-order chi connectivity index (χ0) is 5.70. The van der Waals surface area contributed by atoms with Crippen LogP contribution in [0.25, 0.3) is 0 Å². The van der Waals surface area contributed by atoms with E-state index in [1.807, 2.05) is 0 Å². The fourth-order valence-electron chi connectivity index (χ4n) is 0.211. The Kier molecular flexibility index (Phi) is 3.19. The molecule has 0 unspecified atom stereocenters. The third kappa shape index (κ3) is 2.09. The topological polar surface area (TPSA) is 12.4 Å². The van der Waals surface area contributed by atoms with Crippen LogP contribution < -0.4 is 0 Å². The monoisotopic (exact) mass is 101 g/mol. The Hall–Kier alpha value is -0.660. The van der Waals surface area contributed by atoms with Gasteiger partial charge in [-0.25, -0.2) is 4.39 Å². The van der Waals surface area contributed by atoms with Crippen LogP contribution in [0.2, 0.25) is 0 Å². The number of hydrogen-bond donors (Lipinski definition) is 0. The van der Waals surface area contributed by atoms with Crippen LogP contribution in [-0.4, -0.2) is 13.4 Å². The van der Waals surface area contributed by atoms with Gasteiger partial charge in [0.2, 0.25) is 0 Å². The summed E-state index contributed by atoms with van der Waals surface area (Å²) >= 11 is 0.